The summed E-state index contributed by atoms with van der Waals surface area (Å²) in [6.07, 6.45) is 76.2. The Balaban J connectivity index is 3.44. The minimum Gasteiger partial charge on any atom is -0.466 e. The van der Waals surface area contributed by atoms with Gasteiger partial charge in [0.2, 0.25) is 5.91 Å². The Morgan fingerprint density at radius 1 is 0.375 bits per heavy atom. The van der Waals surface area contributed by atoms with E-state index in [0.29, 0.717) is 25.9 Å². The number of aliphatic hydroxyl groups is 2. The summed E-state index contributed by atoms with van der Waals surface area (Å²) in [6.45, 7) is 4.96. The van der Waals surface area contributed by atoms with Gasteiger partial charge in [0, 0.05) is 12.8 Å². The van der Waals surface area contributed by atoms with Crippen molar-refractivity contribution in [2.75, 3.05) is 13.2 Å². The molecule has 426 valence electrons. The average molecular weight is 1010 g/mol. The van der Waals surface area contributed by atoms with Crippen LogP contribution in [0.4, 0.5) is 0 Å². The number of allylic oxidation sites excluding steroid dienone is 4. The third-order valence-electron chi connectivity index (χ3n) is 15.2. The van der Waals surface area contributed by atoms with Gasteiger partial charge >= 0.3 is 5.97 Å². The van der Waals surface area contributed by atoms with Crippen molar-refractivity contribution in [2.45, 2.75) is 373 Å². The summed E-state index contributed by atoms with van der Waals surface area (Å²) in [5.41, 5.74) is 0. The third-order valence-corrected chi connectivity index (χ3v) is 15.2. The molecule has 72 heavy (non-hydrogen) atoms. The van der Waals surface area contributed by atoms with E-state index in [-0.39, 0.29) is 18.5 Å². The molecule has 2 unspecified atom stereocenters. The SMILES string of the molecule is CCCCCCCCC/C=C\CCCCCCCC(=O)OCCCCCCCCCCC/C=C\CCCCCCCC(=O)NC(CO)C(O)CCCCCCCCCCCCCCCCCCCCCCC. The molecule has 0 heterocycles. The van der Waals surface area contributed by atoms with Crippen LogP contribution in [0.25, 0.3) is 0 Å². The molecular formula is C66H127NO5. The van der Waals surface area contributed by atoms with E-state index in [1.54, 1.807) is 0 Å². The van der Waals surface area contributed by atoms with E-state index >= 15 is 0 Å². The van der Waals surface area contributed by atoms with Gasteiger partial charge in [0.15, 0.2) is 0 Å². The smallest absolute Gasteiger partial charge is 0.305 e. The molecule has 0 aliphatic carbocycles. The summed E-state index contributed by atoms with van der Waals surface area (Å²) in [7, 11) is 0. The van der Waals surface area contributed by atoms with Crippen LogP contribution < -0.4 is 5.32 Å². The van der Waals surface area contributed by atoms with E-state index in [1.165, 1.54) is 270 Å². The van der Waals surface area contributed by atoms with Gasteiger partial charge in [-0.2, -0.15) is 0 Å². The van der Waals surface area contributed by atoms with Crippen LogP contribution in [0.5, 0.6) is 0 Å². The van der Waals surface area contributed by atoms with Crippen LogP contribution in [0, 0.1) is 0 Å². The number of esters is 1. The first kappa shape index (κ1) is 70.3. The molecule has 0 aliphatic rings. The summed E-state index contributed by atoms with van der Waals surface area (Å²) >= 11 is 0. The monoisotopic (exact) mass is 1010 g/mol. The molecule has 0 saturated heterocycles. The van der Waals surface area contributed by atoms with Crippen molar-refractivity contribution in [1.29, 1.82) is 0 Å². The van der Waals surface area contributed by atoms with Crippen molar-refractivity contribution in [1.82, 2.24) is 5.32 Å². The zero-order valence-corrected chi connectivity index (χ0v) is 48.7. The highest BCUT2D eigenvalue weighted by Crippen LogP contribution is 2.18. The minimum absolute atomic E-state index is 0.00358. The lowest BCUT2D eigenvalue weighted by molar-refractivity contribution is -0.143. The highest BCUT2D eigenvalue weighted by Gasteiger charge is 2.20. The Bertz CT molecular complexity index is 1120. The van der Waals surface area contributed by atoms with E-state index in [4.69, 9.17) is 4.74 Å². The van der Waals surface area contributed by atoms with Crippen molar-refractivity contribution >= 4 is 11.9 Å². The van der Waals surface area contributed by atoms with E-state index in [9.17, 15) is 19.8 Å². The number of nitrogens with one attached hydrogen (secondary N) is 1. The fraction of sp³-hybridized carbons (Fsp3) is 0.909. The number of unbranched alkanes of at least 4 members (excludes halogenated alkanes) is 46. The molecule has 2 atom stereocenters. The Morgan fingerprint density at radius 3 is 0.986 bits per heavy atom. The fourth-order valence-corrected chi connectivity index (χ4v) is 10.2. The molecule has 0 spiro atoms. The minimum atomic E-state index is -0.674. The van der Waals surface area contributed by atoms with Crippen LogP contribution in [-0.4, -0.2) is 47.4 Å². The van der Waals surface area contributed by atoms with Gasteiger partial charge < -0.3 is 20.3 Å². The summed E-state index contributed by atoms with van der Waals surface area (Å²) in [4.78, 5) is 24.6. The zero-order chi connectivity index (χ0) is 52.2. The van der Waals surface area contributed by atoms with E-state index < -0.39 is 12.1 Å². The van der Waals surface area contributed by atoms with E-state index in [1.807, 2.05) is 0 Å². The second kappa shape index (κ2) is 61.9. The second-order valence-electron chi connectivity index (χ2n) is 22.4. The van der Waals surface area contributed by atoms with Gasteiger partial charge in [-0.3, -0.25) is 9.59 Å². The maximum atomic E-state index is 12.5. The molecule has 0 fully saturated rings. The Morgan fingerprint density at radius 2 is 0.653 bits per heavy atom. The predicted molar refractivity (Wildman–Crippen MR) is 315 cm³/mol. The van der Waals surface area contributed by atoms with Gasteiger partial charge in [0.05, 0.1) is 25.4 Å². The molecule has 0 saturated carbocycles. The van der Waals surface area contributed by atoms with Crippen molar-refractivity contribution in [3.05, 3.63) is 24.3 Å². The highest BCUT2D eigenvalue weighted by molar-refractivity contribution is 5.76. The molecule has 0 radical (unpaired) electrons. The van der Waals surface area contributed by atoms with Crippen LogP contribution in [0.15, 0.2) is 24.3 Å². The first-order valence-electron chi connectivity index (χ1n) is 32.6. The molecule has 3 N–H and O–H groups in total. The molecule has 1 amide bonds. The molecule has 0 aliphatic heterocycles. The number of ether oxygens (including phenoxy) is 1. The lowest BCUT2D eigenvalue weighted by Crippen LogP contribution is -2.45. The lowest BCUT2D eigenvalue weighted by atomic mass is 10.0. The number of aliphatic hydroxyl groups excluding tert-OH is 2. The Hall–Kier alpha value is -1.66. The topological polar surface area (TPSA) is 95.9 Å². The number of carbonyl (C=O) groups excluding carboxylic acids is 2. The third kappa shape index (κ3) is 57.6. The van der Waals surface area contributed by atoms with Crippen molar-refractivity contribution in [3.8, 4) is 0 Å². The number of rotatable bonds is 61. The summed E-state index contributed by atoms with van der Waals surface area (Å²) in [5, 5.41) is 23.4. The Kier molecular flexibility index (Phi) is 60.5. The standard InChI is InChI=1S/C66H127NO5/c1-3-5-7-9-11-13-15-17-19-21-22-23-24-27-30-34-38-42-46-50-54-58-64(69)63(62-68)67-65(70)59-55-51-47-43-39-35-31-28-25-26-29-33-37-41-45-49-53-57-61-72-66(71)60-56-52-48-44-40-36-32-20-18-16-14-12-10-8-6-4-2/h20,28,31-32,63-64,68-69H,3-19,21-27,29-30,33-62H2,1-2H3,(H,67,70)/b31-28-,32-20-. The van der Waals surface area contributed by atoms with Crippen LogP contribution in [0.2, 0.25) is 0 Å². The predicted octanol–water partition coefficient (Wildman–Crippen LogP) is 20.6. The molecule has 6 heteroatoms. The van der Waals surface area contributed by atoms with Gasteiger partial charge in [-0.25, -0.2) is 0 Å². The van der Waals surface area contributed by atoms with E-state index in [2.05, 4.69) is 43.5 Å². The number of hydrogen-bond donors (Lipinski definition) is 3. The number of carbonyl (C=O) groups is 2. The zero-order valence-electron chi connectivity index (χ0n) is 48.7. The normalized spacial score (nSPS) is 12.7. The van der Waals surface area contributed by atoms with Gasteiger partial charge in [0.25, 0.3) is 0 Å². The van der Waals surface area contributed by atoms with Crippen molar-refractivity contribution < 1.29 is 24.5 Å². The fourth-order valence-electron chi connectivity index (χ4n) is 10.2. The lowest BCUT2D eigenvalue weighted by Gasteiger charge is -2.22. The first-order chi connectivity index (χ1) is 35.5. The maximum absolute atomic E-state index is 12.5. The molecular weight excluding hydrogens is 887 g/mol. The number of hydrogen-bond acceptors (Lipinski definition) is 5. The van der Waals surface area contributed by atoms with Gasteiger partial charge in [-0.15, -0.1) is 0 Å². The van der Waals surface area contributed by atoms with Crippen molar-refractivity contribution in [2.24, 2.45) is 0 Å². The van der Waals surface area contributed by atoms with E-state index in [0.717, 1.165) is 57.8 Å². The quantitative estimate of drug-likeness (QED) is 0.0320. The molecule has 6 nitrogen and oxygen atoms in total. The van der Waals surface area contributed by atoms with Crippen molar-refractivity contribution in [3.63, 3.8) is 0 Å². The molecule has 0 aromatic carbocycles. The van der Waals surface area contributed by atoms with Crippen LogP contribution in [0.1, 0.15) is 361 Å². The van der Waals surface area contributed by atoms with Crippen LogP contribution >= 0.6 is 0 Å². The van der Waals surface area contributed by atoms with Gasteiger partial charge in [-0.05, 0) is 77.0 Å². The summed E-state index contributed by atoms with van der Waals surface area (Å²) in [5.74, 6) is -0.0495. The molecule has 0 aromatic heterocycles. The summed E-state index contributed by atoms with van der Waals surface area (Å²) in [6, 6.07) is -0.553. The Labute approximate surface area is 450 Å². The molecule has 0 bridgehead atoms. The average Bonchev–Trinajstić information content (AvgIpc) is 3.38. The first-order valence-corrected chi connectivity index (χ1v) is 32.6. The van der Waals surface area contributed by atoms with Gasteiger partial charge in [0.1, 0.15) is 0 Å². The largest absolute Gasteiger partial charge is 0.466 e. The molecule has 0 rings (SSSR count). The maximum Gasteiger partial charge on any atom is 0.305 e. The summed E-state index contributed by atoms with van der Waals surface area (Å²) < 4.78 is 5.48. The van der Waals surface area contributed by atoms with Crippen LogP contribution in [0.3, 0.4) is 0 Å². The highest BCUT2D eigenvalue weighted by atomic mass is 16.5. The number of amides is 1. The van der Waals surface area contributed by atoms with Crippen LogP contribution in [-0.2, 0) is 14.3 Å². The second-order valence-corrected chi connectivity index (χ2v) is 22.4. The van der Waals surface area contributed by atoms with Gasteiger partial charge in [-0.1, -0.05) is 295 Å². The molecule has 0 aromatic rings.